The number of hydrogen-bond donors (Lipinski definition) is 2. The number of hydrogen-bond acceptors (Lipinski definition) is 8. The van der Waals surface area contributed by atoms with Crippen LogP contribution in [0.2, 0.25) is 0 Å². The zero-order valence-corrected chi connectivity index (χ0v) is 30.3. The van der Waals surface area contributed by atoms with Crippen LogP contribution >= 0.6 is 96.7 Å². The fourth-order valence-electron chi connectivity index (χ4n) is 5.05. The smallest absolute Gasteiger partial charge is 0.107 e. The van der Waals surface area contributed by atoms with Crippen LogP contribution in [0.5, 0.6) is 0 Å². The molecule has 0 aliphatic carbocycles. The fourth-order valence-corrected chi connectivity index (χ4v) is 11.7. The topological polar surface area (TPSA) is 9.86 Å². The van der Waals surface area contributed by atoms with Gasteiger partial charge in [0.1, 0.15) is 9.28 Å². The van der Waals surface area contributed by atoms with Gasteiger partial charge in [0.15, 0.2) is 0 Å². The summed E-state index contributed by atoms with van der Waals surface area (Å²) in [7, 11) is 0. The molecule has 216 valence electrons. The molecule has 2 aromatic heterocycles. The summed E-state index contributed by atoms with van der Waals surface area (Å²) in [5.74, 6) is 7.19. The lowest BCUT2D eigenvalue weighted by Crippen LogP contribution is -2.22. The Hall–Kier alpha value is 0.840. The molecule has 0 bridgehead atoms. The molecule has 0 aromatic carbocycles. The van der Waals surface area contributed by atoms with Gasteiger partial charge in [0, 0.05) is 34.4 Å². The standard InChI is InChI=1S/C29H42N2S8/c1-28(2,18-30-24(32)16-22-20(26(30)34)6-12-38-22)8-14-36-10-5-11-37-15-9-29(3,4)19-31-25(33)17-23-21(27(31)35)7-13-39-23/h16-17,34-35H,5-15,18-19H2,1-4H3. The van der Waals surface area contributed by atoms with Gasteiger partial charge in [-0.15, -0.1) is 48.8 Å². The molecule has 10 heteroatoms. The lowest BCUT2D eigenvalue weighted by atomic mass is 9.90. The molecule has 0 amide bonds. The first-order valence-corrected chi connectivity index (χ1v) is 19.8. The molecule has 4 rings (SSSR count). The van der Waals surface area contributed by atoms with Gasteiger partial charge in [0.2, 0.25) is 0 Å². The minimum absolute atomic E-state index is 0.205. The van der Waals surface area contributed by atoms with Crippen molar-refractivity contribution in [3.8, 4) is 0 Å². The highest BCUT2D eigenvalue weighted by atomic mass is 32.2. The van der Waals surface area contributed by atoms with Crippen LogP contribution in [0.15, 0.2) is 32.0 Å². The quantitative estimate of drug-likeness (QED) is 0.117. The van der Waals surface area contributed by atoms with Crippen LogP contribution in [0.4, 0.5) is 0 Å². The third kappa shape index (κ3) is 8.93. The normalized spacial score (nSPS) is 15.1. The molecular weight excluding hydrogens is 633 g/mol. The first-order valence-electron chi connectivity index (χ1n) is 13.8. The van der Waals surface area contributed by atoms with Crippen LogP contribution in [-0.2, 0) is 25.9 Å². The van der Waals surface area contributed by atoms with Gasteiger partial charge in [-0.1, -0.05) is 52.1 Å². The van der Waals surface area contributed by atoms with Crippen LogP contribution in [0, 0.1) is 20.1 Å². The Morgan fingerprint density at radius 3 is 1.56 bits per heavy atom. The second-order valence-electron chi connectivity index (χ2n) is 12.1. The molecule has 0 spiro atoms. The minimum Gasteiger partial charge on any atom is -0.327 e. The maximum absolute atomic E-state index is 5.72. The molecule has 0 unspecified atom stereocenters. The van der Waals surface area contributed by atoms with Gasteiger partial charge in [-0.05, 0) is 89.2 Å². The van der Waals surface area contributed by atoms with E-state index in [0.29, 0.717) is 0 Å². The summed E-state index contributed by atoms with van der Waals surface area (Å²) in [6, 6.07) is 4.37. The van der Waals surface area contributed by atoms with Crippen LogP contribution in [0.1, 0.15) is 58.1 Å². The summed E-state index contributed by atoms with van der Waals surface area (Å²) in [5.41, 5.74) is 3.19. The predicted molar refractivity (Wildman–Crippen MR) is 190 cm³/mol. The molecule has 2 aliphatic rings. The number of thiol groups is 2. The molecule has 0 saturated carbocycles. The van der Waals surface area contributed by atoms with Gasteiger partial charge in [-0.2, -0.15) is 23.5 Å². The zero-order chi connectivity index (χ0) is 28.2. The third-order valence-electron chi connectivity index (χ3n) is 7.50. The highest BCUT2D eigenvalue weighted by Crippen LogP contribution is 2.38. The first kappa shape index (κ1) is 32.7. The second-order valence-corrected chi connectivity index (χ2v) is 18.5. The molecule has 0 saturated heterocycles. The summed E-state index contributed by atoms with van der Waals surface area (Å²) in [5, 5.41) is 2.17. The molecular formula is C29H42N2S8. The summed E-state index contributed by atoms with van der Waals surface area (Å²) in [6.45, 7) is 11.4. The monoisotopic (exact) mass is 674 g/mol. The van der Waals surface area contributed by atoms with E-state index in [2.05, 4.69) is 72.5 Å². The van der Waals surface area contributed by atoms with Crippen molar-refractivity contribution in [2.24, 2.45) is 10.8 Å². The number of fused-ring (bicyclic) bond motifs is 2. The van der Waals surface area contributed by atoms with Gasteiger partial charge < -0.3 is 9.13 Å². The van der Waals surface area contributed by atoms with Crippen molar-refractivity contribution in [3.63, 3.8) is 0 Å². The van der Waals surface area contributed by atoms with Gasteiger partial charge in [-0.3, -0.25) is 0 Å². The predicted octanol–water partition coefficient (Wildman–Crippen LogP) is 10.0. The van der Waals surface area contributed by atoms with Crippen molar-refractivity contribution >= 4 is 96.7 Å². The fraction of sp³-hybridized carbons (Fsp3) is 0.655. The lowest BCUT2D eigenvalue weighted by Gasteiger charge is -2.28. The number of rotatable bonds is 14. The van der Waals surface area contributed by atoms with Gasteiger partial charge >= 0.3 is 0 Å². The van der Waals surface area contributed by atoms with E-state index < -0.39 is 0 Å². The number of nitrogens with zero attached hydrogens (tertiary/aromatic N) is 2. The largest absolute Gasteiger partial charge is 0.327 e. The Balaban J connectivity index is 1.12. The van der Waals surface area contributed by atoms with Crippen LogP contribution in [-0.4, -0.2) is 43.7 Å². The maximum atomic E-state index is 5.72. The van der Waals surface area contributed by atoms with Crippen LogP contribution in [0.3, 0.4) is 0 Å². The Kier molecular flexibility index (Phi) is 12.2. The van der Waals surface area contributed by atoms with Gasteiger partial charge in [-0.25, -0.2) is 0 Å². The minimum atomic E-state index is 0.205. The Labute approximate surface area is 274 Å². The van der Waals surface area contributed by atoms with Crippen molar-refractivity contribution in [2.45, 2.75) is 92.7 Å². The molecule has 2 aromatic rings. The molecule has 0 N–H and O–H groups in total. The van der Waals surface area contributed by atoms with Crippen molar-refractivity contribution in [3.05, 3.63) is 32.5 Å². The Morgan fingerprint density at radius 2 is 1.15 bits per heavy atom. The van der Waals surface area contributed by atoms with E-state index in [1.54, 1.807) is 0 Å². The molecule has 0 fully saturated rings. The third-order valence-corrected chi connectivity index (χ3v) is 13.5. The highest BCUT2D eigenvalue weighted by Gasteiger charge is 2.24. The second kappa shape index (κ2) is 14.5. The van der Waals surface area contributed by atoms with E-state index in [0.717, 1.165) is 56.8 Å². The average molecular weight is 675 g/mol. The summed E-state index contributed by atoms with van der Waals surface area (Å²) < 4.78 is 6.38. The molecule has 39 heavy (non-hydrogen) atoms. The molecule has 4 heterocycles. The Morgan fingerprint density at radius 1 is 0.744 bits per heavy atom. The van der Waals surface area contributed by atoms with E-state index in [1.165, 1.54) is 63.2 Å². The van der Waals surface area contributed by atoms with Gasteiger partial charge in [0.05, 0.1) is 10.1 Å². The summed E-state index contributed by atoms with van der Waals surface area (Å²) >= 11 is 29.2. The van der Waals surface area contributed by atoms with Crippen LogP contribution in [0.25, 0.3) is 0 Å². The van der Waals surface area contributed by atoms with Crippen LogP contribution < -0.4 is 0 Å². The maximum Gasteiger partial charge on any atom is 0.107 e. The lowest BCUT2D eigenvalue weighted by molar-refractivity contribution is 0.284. The average Bonchev–Trinajstić information content (AvgIpc) is 3.53. The van der Waals surface area contributed by atoms with E-state index in [4.69, 9.17) is 49.7 Å². The van der Waals surface area contributed by atoms with Crippen molar-refractivity contribution in [2.75, 3.05) is 34.5 Å². The number of pyridine rings is 2. The van der Waals surface area contributed by atoms with E-state index in [1.807, 2.05) is 23.5 Å². The number of aromatic nitrogens is 2. The van der Waals surface area contributed by atoms with E-state index >= 15 is 0 Å². The molecule has 0 radical (unpaired) electrons. The highest BCUT2D eigenvalue weighted by molar-refractivity contribution is 8.00. The van der Waals surface area contributed by atoms with Crippen molar-refractivity contribution in [1.82, 2.24) is 9.13 Å². The summed E-state index contributed by atoms with van der Waals surface area (Å²) in [6.07, 6.45) is 5.88. The zero-order valence-electron chi connectivity index (χ0n) is 23.6. The molecule has 2 aliphatic heterocycles. The van der Waals surface area contributed by atoms with Gasteiger partial charge in [0.25, 0.3) is 0 Å². The van der Waals surface area contributed by atoms with Crippen molar-refractivity contribution < 1.29 is 0 Å². The molecule has 2 nitrogen and oxygen atoms in total. The molecule has 0 atom stereocenters. The Bertz CT molecular complexity index is 1180. The summed E-state index contributed by atoms with van der Waals surface area (Å²) in [4.78, 5) is 2.68. The van der Waals surface area contributed by atoms with Crippen molar-refractivity contribution in [1.29, 1.82) is 0 Å². The van der Waals surface area contributed by atoms with E-state index in [-0.39, 0.29) is 10.8 Å². The number of thioether (sulfide) groups is 4. The SMILES string of the molecule is CC(C)(CCSCCCSCCC(C)(C)Cn1c(S)c2c(cc1=S)SCC2)Cn1c(S)c2c(cc1=S)SCC2. The van der Waals surface area contributed by atoms with E-state index in [9.17, 15) is 0 Å². The first-order chi connectivity index (χ1) is 18.5.